The van der Waals surface area contributed by atoms with Crippen LogP contribution in [0.5, 0.6) is 0 Å². The number of imidazole rings is 1. The Kier molecular flexibility index (Phi) is 5.75. The van der Waals surface area contributed by atoms with E-state index in [1.165, 1.54) is 25.1 Å². The summed E-state index contributed by atoms with van der Waals surface area (Å²) in [5.41, 5.74) is 1.46. The second-order valence-electron chi connectivity index (χ2n) is 5.59. The van der Waals surface area contributed by atoms with Crippen molar-refractivity contribution in [1.29, 1.82) is 0 Å². The summed E-state index contributed by atoms with van der Waals surface area (Å²) in [6.07, 6.45) is 9.02. The van der Waals surface area contributed by atoms with Gasteiger partial charge in [-0.25, -0.2) is 13.9 Å². The topological polar surface area (TPSA) is 46.1 Å². The molecule has 1 aromatic carbocycles. The van der Waals surface area contributed by atoms with Crippen molar-refractivity contribution >= 4 is 5.97 Å². The Morgan fingerprint density at radius 1 is 1.18 bits per heavy atom. The first-order valence-electron chi connectivity index (χ1n) is 8.05. The Bertz CT molecular complexity index is 615. The molecule has 0 saturated carbocycles. The fourth-order valence-electron chi connectivity index (χ4n) is 2.70. The predicted molar refractivity (Wildman–Crippen MR) is 86.0 cm³/mol. The zero-order valence-electron chi connectivity index (χ0n) is 13.5. The van der Waals surface area contributed by atoms with E-state index >= 15 is 0 Å². The van der Waals surface area contributed by atoms with Gasteiger partial charge in [0.1, 0.15) is 18.9 Å². The second-order valence-corrected chi connectivity index (χ2v) is 5.59. The molecule has 1 heterocycles. The summed E-state index contributed by atoms with van der Waals surface area (Å²) in [6.45, 7) is 6.15. The van der Waals surface area contributed by atoms with Crippen LogP contribution >= 0.6 is 0 Å². The van der Waals surface area contributed by atoms with Crippen LogP contribution in [0.4, 0.5) is 0 Å². The highest BCUT2D eigenvalue weighted by Crippen LogP contribution is 2.08. The third-order valence-corrected chi connectivity index (χ3v) is 3.99. The van der Waals surface area contributed by atoms with Crippen LogP contribution in [-0.2, 0) is 19.5 Å². The summed E-state index contributed by atoms with van der Waals surface area (Å²) >= 11 is 0. The van der Waals surface area contributed by atoms with Crippen LogP contribution in [0, 0.1) is 0 Å². The van der Waals surface area contributed by atoms with Crippen LogP contribution in [-0.4, -0.2) is 15.6 Å². The van der Waals surface area contributed by atoms with Crippen molar-refractivity contribution in [1.82, 2.24) is 4.57 Å². The van der Waals surface area contributed by atoms with Gasteiger partial charge in [-0.2, -0.15) is 0 Å². The van der Waals surface area contributed by atoms with Gasteiger partial charge in [-0.15, -0.1) is 0 Å². The summed E-state index contributed by atoms with van der Waals surface area (Å²) in [7, 11) is 0. The van der Waals surface area contributed by atoms with Gasteiger partial charge >= 0.3 is 5.97 Å². The quantitative estimate of drug-likeness (QED) is 0.601. The number of carbonyl (C=O) groups is 1. The highest BCUT2D eigenvalue weighted by molar-refractivity contribution is 5.87. The molecule has 0 amide bonds. The summed E-state index contributed by atoms with van der Waals surface area (Å²) in [5.74, 6) is 0.467. The maximum absolute atomic E-state index is 10.9. The largest absolute Gasteiger partial charge is 0.478 e. The van der Waals surface area contributed by atoms with E-state index in [0.29, 0.717) is 5.56 Å². The molecule has 0 bridgehead atoms. The van der Waals surface area contributed by atoms with E-state index in [0.717, 1.165) is 25.1 Å². The van der Waals surface area contributed by atoms with Gasteiger partial charge in [0.2, 0.25) is 0 Å². The van der Waals surface area contributed by atoms with Gasteiger partial charge in [-0.3, -0.25) is 0 Å². The molecule has 0 atom stereocenters. The fourth-order valence-corrected chi connectivity index (χ4v) is 2.70. The summed E-state index contributed by atoms with van der Waals surface area (Å²) < 4.78 is 4.57. The first kappa shape index (κ1) is 16.3. The first-order valence-corrected chi connectivity index (χ1v) is 8.05. The molecule has 0 radical (unpaired) electrons. The number of aromatic carboxylic acids is 1. The minimum Gasteiger partial charge on any atom is -0.478 e. The van der Waals surface area contributed by atoms with E-state index in [9.17, 15) is 4.79 Å². The molecule has 1 aromatic heterocycles. The lowest BCUT2D eigenvalue weighted by Crippen LogP contribution is -2.37. The van der Waals surface area contributed by atoms with Crippen LogP contribution in [0.25, 0.3) is 0 Å². The van der Waals surface area contributed by atoms with Crippen molar-refractivity contribution < 1.29 is 14.5 Å². The number of rotatable bonds is 8. The molecular weight excluding hydrogens is 276 g/mol. The lowest BCUT2D eigenvalue weighted by Gasteiger charge is -2.05. The summed E-state index contributed by atoms with van der Waals surface area (Å²) in [6, 6.07) is 7.14. The average molecular weight is 301 g/mol. The number of hydrogen-bond donors (Lipinski definition) is 1. The molecule has 2 rings (SSSR count). The molecular formula is C18H25N2O2+. The molecule has 1 N–H and O–H groups in total. The van der Waals surface area contributed by atoms with Crippen LogP contribution in [0.15, 0.2) is 36.7 Å². The van der Waals surface area contributed by atoms with Crippen molar-refractivity contribution in [3.63, 3.8) is 0 Å². The molecule has 0 aliphatic carbocycles. The van der Waals surface area contributed by atoms with Gasteiger partial charge in [-0.05, 0) is 31.0 Å². The molecule has 0 aliphatic rings. The molecule has 4 nitrogen and oxygen atoms in total. The van der Waals surface area contributed by atoms with E-state index in [1.54, 1.807) is 12.1 Å². The van der Waals surface area contributed by atoms with Gasteiger partial charge in [0.15, 0.2) is 0 Å². The summed E-state index contributed by atoms with van der Waals surface area (Å²) in [5, 5.41) is 8.96. The molecule has 22 heavy (non-hydrogen) atoms. The van der Waals surface area contributed by atoms with Crippen LogP contribution in [0.2, 0.25) is 0 Å². The van der Waals surface area contributed by atoms with Gasteiger partial charge < -0.3 is 5.11 Å². The zero-order chi connectivity index (χ0) is 15.9. The highest BCUT2D eigenvalue weighted by Gasteiger charge is 2.16. The van der Waals surface area contributed by atoms with E-state index in [1.807, 2.05) is 12.1 Å². The molecule has 118 valence electrons. The standard InChI is InChI=1S/C18H24N2O2/c1-3-5-6-7-17-19(4-2)12-13-20(17)14-15-8-10-16(11-9-15)18(21)22/h8-13H,3-7,14H2,1-2H3/p+1. The van der Waals surface area contributed by atoms with E-state index < -0.39 is 5.97 Å². The minimum absolute atomic E-state index is 0.336. The number of carboxylic acids is 1. The van der Waals surface area contributed by atoms with E-state index in [4.69, 9.17) is 5.11 Å². The molecule has 0 spiro atoms. The Labute approximate surface area is 132 Å². The van der Waals surface area contributed by atoms with Gasteiger partial charge in [-0.1, -0.05) is 31.9 Å². The Hall–Kier alpha value is -2.10. The monoisotopic (exact) mass is 301 g/mol. The Balaban J connectivity index is 2.14. The van der Waals surface area contributed by atoms with Gasteiger partial charge in [0.25, 0.3) is 5.82 Å². The third kappa shape index (κ3) is 3.97. The van der Waals surface area contributed by atoms with Crippen molar-refractivity contribution in [2.45, 2.75) is 52.6 Å². The SMILES string of the molecule is CCCCCc1n(CC)cc[n+]1Cc1ccc(C(=O)O)cc1. The summed E-state index contributed by atoms with van der Waals surface area (Å²) in [4.78, 5) is 10.9. The number of aromatic nitrogens is 2. The molecule has 0 aliphatic heterocycles. The molecule has 4 heteroatoms. The van der Waals surface area contributed by atoms with Gasteiger partial charge in [0.05, 0.1) is 12.1 Å². The van der Waals surface area contributed by atoms with Crippen molar-refractivity contribution in [2.75, 3.05) is 0 Å². The smallest absolute Gasteiger partial charge is 0.335 e. The second kappa shape index (κ2) is 7.78. The molecule has 0 saturated heterocycles. The number of hydrogen-bond acceptors (Lipinski definition) is 1. The molecule has 0 fully saturated rings. The lowest BCUT2D eigenvalue weighted by atomic mass is 10.1. The normalized spacial score (nSPS) is 10.8. The Morgan fingerprint density at radius 3 is 2.50 bits per heavy atom. The predicted octanol–water partition coefficient (Wildman–Crippen LogP) is 3.27. The third-order valence-electron chi connectivity index (χ3n) is 3.99. The van der Waals surface area contributed by atoms with Crippen molar-refractivity contribution in [3.05, 3.63) is 53.6 Å². The number of aryl methyl sites for hydroxylation is 1. The fraction of sp³-hybridized carbons (Fsp3) is 0.444. The maximum Gasteiger partial charge on any atom is 0.335 e. The highest BCUT2D eigenvalue weighted by atomic mass is 16.4. The van der Waals surface area contributed by atoms with Crippen LogP contribution in [0.3, 0.4) is 0 Å². The van der Waals surface area contributed by atoms with E-state index in [-0.39, 0.29) is 0 Å². The first-order chi connectivity index (χ1) is 10.7. The molecule has 0 unspecified atom stereocenters. The molecule has 2 aromatic rings. The van der Waals surface area contributed by atoms with Crippen molar-refractivity contribution in [3.8, 4) is 0 Å². The average Bonchev–Trinajstić information content (AvgIpc) is 2.90. The number of carboxylic acid groups (broad SMARTS) is 1. The van der Waals surface area contributed by atoms with Crippen LogP contribution < -0.4 is 4.57 Å². The zero-order valence-corrected chi connectivity index (χ0v) is 13.5. The van der Waals surface area contributed by atoms with E-state index in [2.05, 4.69) is 35.4 Å². The number of benzene rings is 1. The van der Waals surface area contributed by atoms with Crippen LogP contribution in [0.1, 0.15) is 54.9 Å². The number of nitrogens with zero attached hydrogens (tertiary/aromatic N) is 2. The maximum atomic E-state index is 10.9. The minimum atomic E-state index is -0.878. The number of unbranched alkanes of at least 4 members (excludes halogenated alkanes) is 2. The van der Waals surface area contributed by atoms with Gasteiger partial charge in [0, 0.05) is 6.42 Å². The van der Waals surface area contributed by atoms with Crippen molar-refractivity contribution in [2.24, 2.45) is 0 Å². The Morgan fingerprint density at radius 2 is 1.91 bits per heavy atom. The lowest BCUT2D eigenvalue weighted by molar-refractivity contribution is -0.695.